The van der Waals surface area contributed by atoms with Crippen LogP contribution in [0.2, 0.25) is 0 Å². The van der Waals surface area contributed by atoms with Gasteiger partial charge in [0.15, 0.2) is 0 Å². The maximum absolute atomic E-state index is 10.2. The second kappa shape index (κ2) is 4.29. The molecular formula is C13H9N3O2. The normalized spacial score (nSPS) is 10.4. The Bertz CT molecular complexity index is 656. The number of hydrogen-bond donors (Lipinski definition) is 0. The molecule has 0 saturated heterocycles. The predicted molar refractivity (Wildman–Crippen MR) is 65.6 cm³/mol. The van der Waals surface area contributed by atoms with Crippen LogP contribution in [0.15, 0.2) is 48.5 Å². The van der Waals surface area contributed by atoms with Gasteiger partial charge >= 0.3 is 0 Å². The summed E-state index contributed by atoms with van der Waals surface area (Å²) in [4.78, 5) is 11.7. The maximum atomic E-state index is 10.2. The molecule has 5 heteroatoms. The van der Waals surface area contributed by atoms with Crippen LogP contribution >= 0.6 is 0 Å². The Morgan fingerprint density at radius 3 is 2.11 bits per heavy atom. The molecule has 1 aromatic heterocycles. The molecule has 0 aliphatic heterocycles. The Kier molecular flexibility index (Phi) is 2.49. The average Bonchev–Trinajstić information content (AvgIpc) is 2.84. The van der Waals surface area contributed by atoms with Gasteiger partial charge in [0.05, 0.1) is 5.69 Å². The third kappa shape index (κ3) is 1.82. The van der Waals surface area contributed by atoms with Crippen molar-refractivity contribution in [1.29, 1.82) is 0 Å². The summed E-state index contributed by atoms with van der Waals surface area (Å²) in [6.45, 7) is 0.398. The summed E-state index contributed by atoms with van der Waals surface area (Å²) in [5.41, 5.74) is 2.49. The molecule has 0 N–H and O–H groups in total. The van der Waals surface area contributed by atoms with Crippen molar-refractivity contribution in [2.24, 2.45) is 0 Å². The Hall–Kier alpha value is -2.69. The highest BCUT2D eigenvalue weighted by molar-refractivity contribution is 5.73. The molecule has 0 atom stereocenters. The van der Waals surface area contributed by atoms with E-state index < -0.39 is 0 Å². The Labute approximate surface area is 103 Å². The second-order valence-corrected chi connectivity index (χ2v) is 3.69. The highest BCUT2D eigenvalue weighted by Gasteiger charge is 2.03. The van der Waals surface area contributed by atoms with Crippen molar-refractivity contribution in [3.63, 3.8) is 0 Å². The van der Waals surface area contributed by atoms with Crippen molar-refractivity contribution >= 4 is 17.5 Å². The lowest BCUT2D eigenvalue weighted by atomic mass is 10.3. The van der Waals surface area contributed by atoms with Crippen LogP contribution in [-0.4, -0.2) is 21.5 Å². The number of hydrogen-bond acceptors (Lipinski definition) is 4. The molecule has 5 nitrogen and oxygen atoms in total. The molecule has 0 aliphatic carbocycles. The van der Waals surface area contributed by atoms with Crippen molar-refractivity contribution < 1.29 is 9.53 Å². The van der Waals surface area contributed by atoms with Crippen LogP contribution in [0.4, 0.5) is 0 Å². The first-order valence-electron chi connectivity index (χ1n) is 5.40. The fourth-order valence-corrected chi connectivity index (χ4v) is 1.69. The van der Waals surface area contributed by atoms with Crippen molar-refractivity contribution in [2.45, 2.75) is 0 Å². The summed E-state index contributed by atoms with van der Waals surface area (Å²) in [7, 11) is 0. The largest absolute Gasteiger partial charge is 0.429 e. The van der Waals surface area contributed by atoms with Gasteiger partial charge in [-0.3, -0.25) is 4.79 Å². The van der Waals surface area contributed by atoms with Crippen LogP contribution in [0.3, 0.4) is 0 Å². The number of carbonyl (C=O) groups excluding carboxylic acids is 1. The average molecular weight is 239 g/mol. The van der Waals surface area contributed by atoms with Gasteiger partial charge in [0.2, 0.25) is 0 Å². The molecule has 3 rings (SSSR count). The van der Waals surface area contributed by atoms with Gasteiger partial charge in [-0.05, 0) is 36.4 Å². The van der Waals surface area contributed by atoms with E-state index in [4.69, 9.17) is 4.74 Å². The standard InChI is InChI=1S/C13H9N3O2/c17-9-18-11-7-5-10(6-8-11)16-14-12-3-1-2-4-13(12)15-16/h1-9H. The number of benzene rings is 2. The lowest BCUT2D eigenvalue weighted by Gasteiger charge is -2.00. The molecule has 0 amide bonds. The third-order valence-corrected chi connectivity index (χ3v) is 2.54. The van der Waals surface area contributed by atoms with Crippen LogP contribution < -0.4 is 4.74 Å². The van der Waals surface area contributed by atoms with E-state index in [1.807, 2.05) is 24.3 Å². The molecule has 2 aromatic carbocycles. The van der Waals surface area contributed by atoms with Crippen molar-refractivity contribution in [1.82, 2.24) is 15.0 Å². The molecule has 18 heavy (non-hydrogen) atoms. The van der Waals surface area contributed by atoms with Gasteiger partial charge in [0.1, 0.15) is 16.8 Å². The summed E-state index contributed by atoms with van der Waals surface area (Å²) in [5, 5.41) is 8.71. The first-order valence-corrected chi connectivity index (χ1v) is 5.40. The summed E-state index contributed by atoms with van der Waals surface area (Å²) in [5.74, 6) is 0.491. The summed E-state index contributed by atoms with van der Waals surface area (Å²) in [6, 6.07) is 14.6. The molecule has 3 aromatic rings. The number of aromatic nitrogens is 3. The van der Waals surface area contributed by atoms with E-state index in [1.54, 1.807) is 29.1 Å². The topological polar surface area (TPSA) is 57.0 Å². The third-order valence-electron chi connectivity index (χ3n) is 2.54. The van der Waals surface area contributed by atoms with Crippen molar-refractivity contribution in [3.8, 4) is 11.4 Å². The lowest BCUT2D eigenvalue weighted by Crippen LogP contribution is -1.98. The molecule has 0 unspecified atom stereocenters. The SMILES string of the molecule is O=COc1ccc(-n2nc3ccccc3n2)cc1. The molecule has 0 saturated carbocycles. The molecule has 0 radical (unpaired) electrons. The Balaban J connectivity index is 2.00. The number of rotatable bonds is 3. The van der Waals surface area contributed by atoms with Gasteiger partial charge < -0.3 is 4.74 Å². The minimum absolute atomic E-state index is 0.398. The van der Waals surface area contributed by atoms with Crippen LogP contribution in [0.5, 0.6) is 5.75 Å². The molecule has 0 spiro atoms. The lowest BCUT2D eigenvalue weighted by molar-refractivity contribution is -0.120. The number of nitrogens with zero attached hydrogens (tertiary/aromatic N) is 3. The first kappa shape index (κ1) is 10.5. The zero-order valence-corrected chi connectivity index (χ0v) is 9.35. The minimum atomic E-state index is 0.398. The molecule has 0 fully saturated rings. The van der Waals surface area contributed by atoms with E-state index in [-0.39, 0.29) is 0 Å². The number of ether oxygens (including phenoxy) is 1. The summed E-state index contributed by atoms with van der Waals surface area (Å²) >= 11 is 0. The van der Waals surface area contributed by atoms with Gasteiger partial charge in [0.25, 0.3) is 6.47 Å². The van der Waals surface area contributed by atoms with E-state index in [1.165, 1.54) is 0 Å². The molecule has 1 heterocycles. The number of carbonyl (C=O) groups is 1. The fraction of sp³-hybridized carbons (Fsp3) is 0. The molecular weight excluding hydrogens is 230 g/mol. The predicted octanol–water partition coefficient (Wildman–Crippen LogP) is 1.96. The Morgan fingerprint density at radius 1 is 0.944 bits per heavy atom. The quantitative estimate of drug-likeness (QED) is 0.655. The van der Waals surface area contributed by atoms with Crippen LogP contribution in [0.25, 0.3) is 16.7 Å². The molecule has 88 valence electrons. The molecule has 0 bridgehead atoms. The first-order chi connectivity index (χ1) is 8.86. The second-order valence-electron chi connectivity index (χ2n) is 3.69. The van der Waals surface area contributed by atoms with E-state index in [0.29, 0.717) is 12.2 Å². The summed E-state index contributed by atoms with van der Waals surface area (Å²) < 4.78 is 4.73. The molecule has 0 aliphatic rings. The maximum Gasteiger partial charge on any atom is 0.298 e. The monoisotopic (exact) mass is 239 g/mol. The van der Waals surface area contributed by atoms with E-state index in [9.17, 15) is 4.79 Å². The number of fused-ring (bicyclic) bond motifs is 1. The summed E-state index contributed by atoms with van der Waals surface area (Å²) in [6.07, 6.45) is 0. The van der Waals surface area contributed by atoms with Gasteiger partial charge in [-0.15, -0.1) is 10.2 Å². The van der Waals surface area contributed by atoms with Crippen LogP contribution in [0.1, 0.15) is 0 Å². The zero-order chi connectivity index (χ0) is 12.4. The van der Waals surface area contributed by atoms with Crippen LogP contribution in [-0.2, 0) is 4.79 Å². The highest BCUT2D eigenvalue weighted by Crippen LogP contribution is 2.15. The van der Waals surface area contributed by atoms with Gasteiger partial charge in [-0.25, -0.2) is 0 Å². The minimum Gasteiger partial charge on any atom is -0.429 e. The Morgan fingerprint density at radius 2 is 1.56 bits per heavy atom. The van der Waals surface area contributed by atoms with Crippen LogP contribution in [0, 0.1) is 0 Å². The van der Waals surface area contributed by atoms with Gasteiger partial charge in [-0.1, -0.05) is 12.1 Å². The van der Waals surface area contributed by atoms with Crippen molar-refractivity contribution in [3.05, 3.63) is 48.5 Å². The van der Waals surface area contributed by atoms with Gasteiger partial charge in [-0.2, -0.15) is 4.80 Å². The smallest absolute Gasteiger partial charge is 0.298 e. The van der Waals surface area contributed by atoms with E-state index in [2.05, 4.69) is 10.2 Å². The van der Waals surface area contributed by atoms with Crippen molar-refractivity contribution in [2.75, 3.05) is 0 Å². The highest BCUT2D eigenvalue weighted by atomic mass is 16.5. The van der Waals surface area contributed by atoms with Gasteiger partial charge in [0, 0.05) is 0 Å². The zero-order valence-electron chi connectivity index (χ0n) is 9.35. The fourth-order valence-electron chi connectivity index (χ4n) is 1.69. The van der Waals surface area contributed by atoms with E-state index in [0.717, 1.165) is 16.7 Å². The van der Waals surface area contributed by atoms with E-state index >= 15 is 0 Å².